The molecule has 0 saturated heterocycles. The van der Waals surface area contributed by atoms with Crippen molar-refractivity contribution in [1.29, 1.82) is 0 Å². The number of ether oxygens (including phenoxy) is 10. The second-order valence-corrected chi connectivity index (χ2v) is 12.7. The summed E-state index contributed by atoms with van der Waals surface area (Å²) in [6.45, 7) is 16.7. The largest absolute Gasteiger partial charge is 0.492 e. The molecule has 0 heterocycles. The maximum Gasteiger partial charge on any atom is 0.343 e. The number of allylic oxidation sites excluding steroid dienone is 1. The van der Waals surface area contributed by atoms with E-state index in [2.05, 4.69) is 48.7 Å². The van der Waals surface area contributed by atoms with Crippen molar-refractivity contribution >= 4 is 23.9 Å². The molecule has 0 atom stereocenters. The summed E-state index contributed by atoms with van der Waals surface area (Å²) in [5.41, 5.74) is 4.59. The number of hydrogen-bond donors (Lipinski definition) is 0. The Balaban J connectivity index is 0.000000333. The van der Waals surface area contributed by atoms with E-state index >= 15 is 0 Å². The monoisotopic (exact) mass is 854 g/mol. The number of carbonyl (C=O) groups excluding carboxylic acids is 4. The molecule has 4 rings (SSSR count). The van der Waals surface area contributed by atoms with Gasteiger partial charge in [-0.25, -0.2) is 19.2 Å². The highest BCUT2D eigenvalue weighted by Crippen LogP contribution is 2.21. The van der Waals surface area contributed by atoms with Gasteiger partial charge in [-0.1, -0.05) is 61.7 Å². The van der Waals surface area contributed by atoms with Crippen LogP contribution in [0.25, 0.3) is 11.1 Å². The van der Waals surface area contributed by atoms with Gasteiger partial charge in [0.05, 0.1) is 76.7 Å². The minimum atomic E-state index is -0.519. The Hall–Kier alpha value is -6.58. The van der Waals surface area contributed by atoms with Crippen molar-refractivity contribution in [3.63, 3.8) is 0 Å². The molecule has 0 aliphatic rings. The van der Waals surface area contributed by atoms with E-state index in [0.29, 0.717) is 86.8 Å². The lowest BCUT2D eigenvalue weighted by molar-refractivity contribution is -0.139. The van der Waals surface area contributed by atoms with Crippen LogP contribution in [-0.4, -0.2) is 110 Å². The van der Waals surface area contributed by atoms with Gasteiger partial charge >= 0.3 is 23.9 Å². The summed E-state index contributed by atoms with van der Waals surface area (Å²) in [6.07, 6.45) is 2.64. The number of benzene rings is 4. The lowest BCUT2D eigenvalue weighted by Crippen LogP contribution is -2.14. The molecule has 0 saturated carbocycles. The smallest absolute Gasteiger partial charge is 0.343 e. The van der Waals surface area contributed by atoms with E-state index in [1.165, 1.54) is 43.0 Å². The van der Waals surface area contributed by atoms with Gasteiger partial charge in [-0.15, -0.1) is 0 Å². The highest BCUT2D eigenvalue weighted by atomic mass is 16.6. The summed E-state index contributed by atoms with van der Waals surface area (Å²) in [6, 6.07) is 28.2. The molecule has 0 N–H and O–H groups in total. The van der Waals surface area contributed by atoms with Gasteiger partial charge < -0.3 is 47.4 Å². The maximum absolute atomic E-state index is 12.3. The van der Waals surface area contributed by atoms with Gasteiger partial charge in [-0.3, -0.25) is 0 Å². The van der Waals surface area contributed by atoms with E-state index in [-0.39, 0.29) is 32.4 Å². The molecule has 4 aromatic carbocycles. The number of hydrogen-bond acceptors (Lipinski definition) is 14. The molecule has 0 aliphatic carbocycles. The molecule has 0 aromatic heterocycles. The van der Waals surface area contributed by atoms with E-state index in [4.69, 9.17) is 42.6 Å². The van der Waals surface area contributed by atoms with E-state index in [1.54, 1.807) is 36.4 Å². The molecular weight excluding hydrogens is 801 g/mol. The Morgan fingerprint density at radius 3 is 1.40 bits per heavy atom. The molecule has 0 amide bonds. The number of esters is 4. The summed E-state index contributed by atoms with van der Waals surface area (Å²) in [5, 5.41) is 0. The van der Waals surface area contributed by atoms with Gasteiger partial charge in [0.1, 0.15) is 43.7 Å². The van der Waals surface area contributed by atoms with Crippen molar-refractivity contribution in [2.24, 2.45) is 0 Å². The molecule has 0 radical (unpaired) electrons. The number of methoxy groups -OCH3 is 1. The van der Waals surface area contributed by atoms with Crippen molar-refractivity contribution in [3.05, 3.63) is 157 Å². The quantitative estimate of drug-likeness (QED) is 0.0111. The predicted octanol–water partition coefficient (Wildman–Crippen LogP) is 7.40. The standard InChI is InChI=1S/C25H28O8.C23H26O6/c1-4-19(2)31-17-15-29-13-14-30-16-18-32-22-9-5-21(6-10-22)25(27)33-23-11-7-20(8-12-23)24(26)28-3;1-3-22(24)28-16-14-26-12-13-27-15-17-29-23(25)21-10-8-20(9-11-21)19-6-4-18(2)5-7-19/h4-12H,1-2,13-18H2,3H3;3-11H,1,12-17H2,2H3. The molecule has 4 aromatic rings. The molecule has 330 valence electrons. The first kappa shape index (κ1) is 49.8. The van der Waals surface area contributed by atoms with Gasteiger partial charge in [0.2, 0.25) is 0 Å². The van der Waals surface area contributed by atoms with Crippen LogP contribution >= 0.6 is 0 Å². The Morgan fingerprint density at radius 1 is 0.468 bits per heavy atom. The van der Waals surface area contributed by atoms with Crippen LogP contribution < -0.4 is 9.47 Å². The van der Waals surface area contributed by atoms with Crippen molar-refractivity contribution < 1.29 is 66.5 Å². The number of aryl methyl sites for hydroxylation is 1. The summed E-state index contributed by atoms with van der Waals surface area (Å²) < 4.78 is 52.1. The molecule has 62 heavy (non-hydrogen) atoms. The third kappa shape index (κ3) is 20.1. The topological polar surface area (TPSA) is 161 Å². The van der Waals surface area contributed by atoms with E-state index in [9.17, 15) is 19.2 Å². The molecule has 0 unspecified atom stereocenters. The van der Waals surface area contributed by atoms with Crippen LogP contribution in [0.5, 0.6) is 11.5 Å². The summed E-state index contributed by atoms with van der Waals surface area (Å²) in [5.74, 6) is -0.393. The van der Waals surface area contributed by atoms with E-state index in [1.807, 2.05) is 19.1 Å². The van der Waals surface area contributed by atoms with Crippen molar-refractivity contribution in [2.45, 2.75) is 6.92 Å². The molecule has 0 aliphatic heterocycles. The van der Waals surface area contributed by atoms with Gasteiger partial charge in [0, 0.05) is 6.08 Å². The first-order chi connectivity index (χ1) is 30.1. The lowest BCUT2D eigenvalue weighted by Gasteiger charge is -2.09. The second kappa shape index (κ2) is 29.6. The molecule has 0 spiro atoms. The zero-order valence-corrected chi connectivity index (χ0v) is 35.2. The van der Waals surface area contributed by atoms with Crippen LogP contribution in [0.2, 0.25) is 0 Å². The molecule has 0 bridgehead atoms. The summed E-state index contributed by atoms with van der Waals surface area (Å²) >= 11 is 0. The van der Waals surface area contributed by atoms with E-state index in [0.717, 1.165) is 17.2 Å². The SMILES string of the molecule is C=CC(=C)OCCOCCOCCOc1ccc(C(=O)Oc2ccc(C(=O)OC)cc2)cc1.C=CC(=O)OCCOCCOCCOC(=O)c1ccc(-c2ccc(C)cc2)cc1. The summed E-state index contributed by atoms with van der Waals surface area (Å²) in [4.78, 5) is 46.6. The highest BCUT2D eigenvalue weighted by molar-refractivity contribution is 5.92. The van der Waals surface area contributed by atoms with Crippen LogP contribution in [-0.2, 0) is 42.7 Å². The fraction of sp³-hybridized carbons (Fsp3) is 0.292. The number of rotatable bonds is 27. The fourth-order valence-electron chi connectivity index (χ4n) is 4.86. The fourth-order valence-corrected chi connectivity index (χ4v) is 4.86. The zero-order chi connectivity index (χ0) is 44.8. The highest BCUT2D eigenvalue weighted by Gasteiger charge is 2.11. The Morgan fingerprint density at radius 2 is 0.887 bits per heavy atom. The van der Waals surface area contributed by atoms with Crippen LogP contribution in [0.15, 0.2) is 135 Å². The van der Waals surface area contributed by atoms with Crippen molar-refractivity contribution in [2.75, 3.05) is 86.4 Å². The Bertz CT molecular complexity index is 1970. The minimum absolute atomic E-state index is 0.162. The zero-order valence-electron chi connectivity index (χ0n) is 35.2. The average molecular weight is 855 g/mol. The third-order valence-corrected chi connectivity index (χ3v) is 8.16. The van der Waals surface area contributed by atoms with Gasteiger partial charge in [0.15, 0.2) is 0 Å². The summed E-state index contributed by atoms with van der Waals surface area (Å²) in [7, 11) is 1.30. The van der Waals surface area contributed by atoms with Gasteiger partial charge in [-0.2, -0.15) is 0 Å². The lowest BCUT2D eigenvalue weighted by atomic mass is 10.0. The minimum Gasteiger partial charge on any atom is -0.492 e. The normalized spacial score (nSPS) is 10.3. The molecule has 14 heteroatoms. The van der Waals surface area contributed by atoms with Gasteiger partial charge in [-0.05, 0) is 84.8 Å². The van der Waals surface area contributed by atoms with Crippen LogP contribution in [0.1, 0.15) is 36.6 Å². The second-order valence-electron chi connectivity index (χ2n) is 12.7. The predicted molar refractivity (Wildman–Crippen MR) is 231 cm³/mol. The maximum atomic E-state index is 12.3. The Kier molecular flexibility index (Phi) is 23.8. The van der Waals surface area contributed by atoms with Crippen molar-refractivity contribution in [3.8, 4) is 22.6 Å². The first-order valence-corrected chi connectivity index (χ1v) is 19.7. The number of carbonyl (C=O) groups is 4. The Labute approximate surface area is 362 Å². The van der Waals surface area contributed by atoms with Crippen molar-refractivity contribution in [1.82, 2.24) is 0 Å². The van der Waals surface area contributed by atoms with Crippen LogP contribution in [0.3, 0.4) is 0 Å². The van der Waals surface area contributed by atoms with Crippen LogP contribution in [0.4, 0.5) is 0 Å². The van der Waals surface area contributed by atoms with Crippen LogP contribution in [0, 0.1) is 6.92 Å². The molecular formula is C48H54O14. The molecule has 0 fully saturated rings. The molecule has 14 nitrogen and oxygen atoms in total. The van der Waals surface area contributed by atoms with Gasteiger partial charge in [0.25, 0.3) is 0 Å². The van der Waals surface area contributed by atoms with E-state index < -0.39 is 17.9 Å². The third-order valence-electron chi connectivity index (χ3n) is 8.16. The first-order valence-electron chi connectivity index (χ1n) is 19.7. The average Bonchev–Trinajstić information content (AvgIpc) is 3.30.